The molecule has 0 bridgehead atoms. The highest BCUT2D eigenvalue weighted by Gasteiger charge is 2.15. The molecule has 0 spiro atoms. The smallest absolute Gasteiger partial charge is 0.171 e. The maximum absolute atomic E-state index is 9.90. The van der Waals surface area contributed by atoms with Crippen molar-refractivity contribution in [1.82, 2.24) is 14.8 Å². The average molecular weight is 275 g/mol. The molecule has 0 amide bonds. The second-order valence-electron chi connectivity index (χ2n) is 5.28. The second kappa shape index (κ2) is 5.63. The summed E-state index contributed by atoms with van der Waals surface area (Å²) in [4.78, 5) is 0. The van der Waals surface area contributed by atoms with E-state index in [2.05, 4.69) is 17.1 Å². The molecule has 1 N–H and O–H groups in total. The van der Waals surface area contributed by atoms with Gasteiger partial charge in [-0.15, -0.1) is 10.2 Å². The quantitative estimate of drug-likeness (QED) is 0.910. The Bertz CT molecular complexity index is 568. The molecule has 0 saturated carbocycles. The van der Waals surface area contributed by atoms with Gasteiger partial charge in [-0.2, -0.15) is 0 Å². The Kier molecular flexibility index (Phi) is 4.09. The first-order valence-corrected chi connectivity index (χ1v) is 6.76. The number of benzene rings is 1. The monoisotopic (exact) mass is 275 g/mol. The summed E-state index contributed by atoms with van der Waals surface area (Å²) >= 11 is 0. The van der Waals surface area contributed by atoms with Crippen LogP contribution in [0.25, 0.3) is 0 Å². The van der Waals surface area contributed by atoms with Crippen LogP contribution in [0.15, 0.2) is 24.3 Å². The van der Waals surface area contributed by atoms with Gasteiger partial charge in [0, 0.05) is 6.54 Å². The minimum absolute atomic E-state index is 0.385. The van der Waals surface area contributed by atoms with Gasteiger partial charge in [-0.3, -0.25) is 0 Å². The maximum atomic E-state index is 9.90. The predicted octanol–water partition coefficient (Wildman–Crippen LogP) is 2.41. The summed E-state index contributed by atoms with van der Waals surface area (Å²) in [6.45, 7) is 8.71. The fraction of sp³-hybridized carbons (Fsp3) is 0.467. The molecule has 1 aromatic heterocycles. The van der Waals surface area contributed by atoms with Crippen LogP contribution < -0.4 is 4.74 Å². The first kappa shape index (κ1) is 14.5. The van der Waals surface area contributed by atoms with Crippen LogP contribution in [0.5, 0.6) is 5.75 Å². The van der Waals surface area contributed by atoms with Gasteiger partial charge in [0.1, 0.15) is 18.2 Å². The van der Waals surface area contributed by atoms with Gasteiger partial charge in [0.15, 0.2) is 5.82 Å². The first-order chi connectivity index (χ1) is 9.41. The highest BCUT2D eigenvalue weighted by atomic mass is 16.5. The van der Waals surface area contributed by atoms with Gasteiger partial charge < -0.3 is 14.4 Å². The molecule has 0 aliphatic carbocycles. The van der Waals surface area contributed by atoms with Crippen molar-refractivity contribution in [3.63, 3.8) is 0 Å². The van der Waals surface area contributed by atoms with Crippen molar-refractivity contribution in [1.29, 1.82) is 0 Å². The van der Waals surface area contributed by atoms with Crippen LogP contribution in [0, 0.1) is 6.92 Å². The van der Waals surface area contributed by atoms with E-state index >= 15 is 0 Å². The third-order valence-corrected chi connectivity index (χ3v) is 3.26. The largest absolute Gasteiger partial charge is 0.486 e. The lowest BCUT2D eigenvalue weighted by Gasteiger charge is -2.17. The van der Waals surface area contributed by atoms with Gasteiger partial charge in [-0.1, -0.05) is 12.1 Å². The summed E-state index contributed by atoms with van der Waals surface area (Å²) in [6.07, 6.45) is 0. The van der Waals surface area contributed by atoms with Gasteiger partial charge >= 0.3 is 0 Å². The number of hydrogen-bond donors (Lipinski definition) is 1. The molecular weight excluding hydrogens is 254 g/mol. The van der Waals surface area contributed by atoms with Crippen molar-refractivity contribution in [3.05, 3.63) is 41.5 Å². The van der Waals surface area contributed by atoms with Crippen molar-refractivity contribution in [2.45, 2.75) is 46.4 Å². The standard InChI is InChI=1S/C15H21N3O2/c1-5-18-11(2)16-17-14(18)10-20-13-8-6-12(7-9-13)15(3,4)19/h6-9,19H,5,10H2,1-4H3. The zero-order valence-electron chi connectivity index (χ0n) is 12.4. The number of aromatic nitrogens is 3. The Balaban J connectivity index is 2.04. The third-order valence-electron chi connectivity index (χ3n) is 3.26. The molecule has 5 nitrogen and oxygen atoms in total. The summed E-state index contributed by atoms with van der Waals surface area (Å²) in [5.74, 6) is 2.46. The van der Waals surface area contributed by atoms with Crippen LogP contribution >= 0.6 is 0 Å². The molecule has 2 aromatic rings. The Labute approximate surface area is 119 Å². The lowest BCUT2D eigenvalue weighted by atomic mass is 9.99. The Morgan fingerprint density at radius 2 is 1.85 bits per heavy atom. The molecule has 0 aliphatic heterocycles. The van der Waals surface area contributed by atoms with Crippen LogP contribution in [0.2, 0.25) is 0 Å². The van der Waals surface area contributed by atoms with E-state index in [1.165, 1.54) is 0 Å². The van der Waals surface area contributed by atoms with Gasteiger partial charge in [-0.05, 0) is 45.4 Å². The Morgan fingerprint density at radius 3 is 2.40 bits per heavy atom. The fourth-order valence-electron chi connectivity index (χ4n) is 2.05. The van der Waals surface area contributed by atoms with Gasteiger partial charge in [-0.25, -0.2) is 0 Å². The summed E-state index contributed by atoms with van der Waals surface area (Å²) in [5, 5.41) is 18.0. The maximum Gasteiger partial charge on any atom is 0.171 e. The molecule has 0 aliphatic rings. The van der Waals surface area contributed by atoms with E-state index < -0.39 is 5.60 Å². The number of aliphatic hydroxyl groups is 1. The van der Waals surface area contributed by atoms with E-state index in [9.17, 15) is 5.11 Å². The summed E-state index contributed by atoms with van der Waals surface area (Å²) in [5.41, 5.74) is 0.0234. The molecule has 0 radical (unpaired) electrons. The van der Waals surface area contributed by atoms with E-state index in [1.54, 1.807) is 13.8 Å². The number of rotatable bonds is 5. The molecule has 20 heavy (non-hydrogen) atoms. The zero-order valence-corrected chi connectivity index (χ0v) is 12.4. The molecule has 1 aromatic carbocycles. The van der Waals surface area contributed by atoms with Crippen LogP contribution in [0.4, 0.5) is 0 Å². The lowest BCUT2D eigenvalue weighted by molar-refractivity contribution is 0.0785. The van der Waals surface area contributed by atoms with Crippen LogP contribution in [-0.2, 0) is 18.8 Å². The van der Waals surface area contributed by atoms with Crippen molar-refractivity contribution >= 4 is 0 Å². The van der Waals surface area contributed by atoms with Gasteiger partial charge in [0.2, 0.25) is 0 Å². The topological polar surface area (TPSA) is 60.2 Å². The minimum atomic E-state index is -0.835. The van der Waals surface area contributed by atoms with Crippen molar-refractivity contribution in [3.8, 4) is 5.75 Å². The van der Waals surface area contributed by atoms with Crippen molar-refractivity contribution in [2.24, 2.45) is 0 Å². The lowest BCUT2D eigenvalue weighted by Crippen LogP contribution is -2.15. The van der Waals surface area contributed by atoms with Gasteiger partial charge in [0.05, 0.1) is 5.60 Å². The highest BCUT2D eigenvalue weighted by Crippen LogP contribution is 2.22. The minimum Gasteiger partial charge on any atom is -0.486 e. The van der Waals surface area contributed by atoms with Gasteiger partial charge in [0.25, 0.3) is 0 Å². The molecular formula is C15H21N3O2. The average Bonchev–Trinajstić information content (AvgIpc) is 2.76. The molecule has 0 unspecified atom stereocenters. The molecule has 108 valence electrons. The zero-order chi connectivity index (χ0) is 14.8. The van der Waals surface area contributed by atoms with Crippen LogP contribution in [0.3, 0.4) is 0 Å². The summed E-state index contributed by atoms with van der Waals surface area (Å²) in [6, 6.07) is 7.44. The molecule has 2 rings (SSSR count). The van der Waals surface area contributed by atoms with E-state index in [0.29, 0.717) is 6.61 Å². The Morgan fingerprint density at radius 1 is 1.20 bits per heavy atom. The SMILES string of the molecule is CCn1c(C)nnc1COc1ccc(C(C)(C)O)cc1. The number of nitrogens with zero attached hydrogens (tertiary/aromatic N) is 3. The fourth-order valence-corrected chi connectivity index (χ4v) is 2.05. The molecule has 0 fully saturated rings. The van der Waals surface area contributed by atoms with Crippen LogP contribution in [-0.4, -0.2) is 19.9 Å². The number of ether oxygens (including phenoxy) is 1. The molecule has 0 saturated heterocycles. The Hall–Kier alpha value is -1.88. The van der Waals surface area contributed by atoms with E-state index in [0.717, 1.165) is 29.5 Å². The van der Waals surface area contributed by atoms with Crippen LogP contribution in [0.1, 0.15) is 38.0 Å². The van der Waals surface area contributed by atoms with Crippen molar-refractivity contribution in [2.75, 3.05) is 0 Å². The summed E-state index contributed by atoms with van der Waals surface area (Å²) < 4.78 is 7.73. The second-order valence-corrected chi connectivity index (χ2v) is 5.28. The van der Waals surface area contributed by atoms with E-state index in [4.69, 9.17) is 4.74 Å². The summed E-state index contributed by atoms with van der Waals surface area (Å²) in [7, 11) is 0. The van der Waals surface area contributed by atoms with E-state index in [1.807, 2.05) is 35.8 Å². The molecule has 1 heterocycles. The third kappa shape index (κ3) is 3.17. The number of hydrogen-bond acceptors (Lipinski definition) is 4. The normalized spacial score (nSPS) is 11.7. The first-order valence-electron chi connectivity index (χ1n) is 6.76. The van der Waals surface area contributed by atoms with E-state index in [-0.39, 0.29) is 0 Å². The number of aryl methyl sites for hydroxylation is 1. The highest BCUT2D eigenvalue weighted by molar-refractivity contribution is 5.30. The predicted molar refractivity (Wildman–Crippen MR) is 76.5 cm³/mol. The van der Waals surface area contributed by atoms with Crippen molar-refractivity contribution < 1.29 is 9.84 Å². The molecule has 0 atom stereocenters. The molecule has 5 heteroatoms.